The van der Waals surface area contributed by atoms with Gasteiger partial charge in [-0.15, -0.1) is 0 Å². The van der Waals surface area contributed by atoms with Crippen LogP contribution in [0.25, 0.3) is 0 Å². The third-order valence-electron chi connectivity index (χ3n) is 3.12. The maximum absolute atomic E-state index is 13.0. The summed E-state index contributed by atoms with van der Waals surface area (Å²) in [5.41, 5.74) is 0.672. The van der Waals surface area contributed by atoms with Gasteiger partial charge in [0.05, 0.1) is 6.10 Å². The number of aliphatic hydroxyl groups is 1. The Labute approximate surface area is 131 Å². The highest BCUT2D eigenvalue weighted by Gasteiger charge is 2.11. The highest BCUT2D eigenvalue weighted by molar-refractivity contribution is 6.30. The van der Waals surface area contributed by atoms with Crippen molar-refractivity contribution >= 4 is 17.5 Å². The minimum Gasteiger partial charge on any atom is -0.388 e. The van der Waals surface area contributed by atoms with E-state index in [-0.39, 0.29) is 18.5 Å². The molecule has 1 amide bonds. The summed E-state index contributed by atoms with van der Waals surface area (Å²) in [6, 6.07) is 9.71. The topological polar surface area (TPSA) is 49.3 Å². The number of benzene rings is 2. The largest absolute Gasteiger partial charge is 0.388 e. The van der Waals surface area contributed by atoms with Crippen molar-refractivity contribution in [1.29, 1.82) is 0 Å². The summed E-state index contributed by atoms with van der Waals surface area (Å²) in [5.74, 6) is -2.61. The first-order valence-corrected chi connectivity index (χ1v) is 7.02. The van der Waals surface area contributed by atoms with Gasteiger partial charge in [0, 0.05) is 17.1 Å². The standard InChI is InChI=1S/C16H14ClF2NO2/c17-12-3-1-2-10(8-12)15(21)6-7-20-16(22)11-4-5-13(18)14(19)9-11/h1-5,8-9,15,21H,6-7H2,(H,20,22)/t15-/m0/s1. The molecule has 0 saturated heterocycles. The normalized spacial score (nSPS) is 12.0. The molecular formula is C16H14ClF2NO2. The molecule has 0 heterocycles. The fourth-order valence-electron chi connectivity index (χ4n) is 1.94. The molecule has 6 heteroatoms. The van der Waals surface area contributed by atoms with Crippen molar-refractivity contribution in [3.63, 3.8) is 0 Å². The van der Waals surface area contributed by atoms with E-state index in [4.69, 9.17) is 11.6 Å². The van der Waals surface area contributed by atoms with Crippen LogP contribution in [0.2, 0.25) is 5.02 Å². The molecule has 3 nitrogen and oxygen atoms in total. The Balaban J connectivity index is 1.87. The summed E-state index contributed by atoms with van der Waals surface area (Å²) < 4.78 is 25.8. The van der Waals surface area contributed by atoms with Crippen LogP contribution in [0.4, 0.5) is 8.78 Å². The van der Waals surface area contributed by atoms with Crippen molar-refractivity contribution in [3.8, 4) is 0 Å². The lowest BCUT2D eigenvalue weighted by molar-refractivity contribution is 0.0942. The number of aliphatic hydroxyl groups excluding tert-OH is 1. The fraction of sp³-hybridized carbons (Fsp3) is 0.188. The van der Waals surface area contributed by atoms with E-state index in [2.05, 4.69) is 5.32 Å². The van der Waals surface area contributed by atoms with Crippen LogP contribution in [0.15, 0.2) is 42.5 Å². The molecule has 2 rings (SSSR count). The van der Waals surface area contributed by atoms with E-state index in [0.29, 0.717) is 10.6 Å². The Morgan fingerprint density at radius 2 is 1.95 bits per heavy atom. The lowest BCUT2D eigenvalue weighted by Crippen LogP contribution is -2.25. The zero-order valence-electron chi connectivity index (χ0n) is 11.5. The van der Waals surface area contributed by atoms with Crippen LogP contribution in [0.5, 0.6) is 0 Å². The second kappa shape index (κ2) is 7.33. The zero-order valence-corrected chi connectivity index (χ0v) is 12.3. The molecule has 0 saturated carbocycles. The lowest BCUT2D eigenvalue weighted by Gasteiger charge is -2.12. The number of hydrogen-bond donors (Lipinski definition) is 2. The van der Waals surface area contributed by atoms with Gasteiger partial charge >= 0.3 is 0 Å². The van der Waals surface area contributed by atoms with Crippen LogP contribution in [-0.4, -0.2) is 17.6 Å². The molecule has 0 spiro atoms. The maximum Gasteiger partial charge on any atom is 0.251 e. The number of amides is 1. The van der Waals surface area contributed by atoms with Gasteiger partial charge in [0.15, 0.2) is 11.6 Å². The van der Waals surface area contributed by atoms with Crippen LogP contribution >= 0.6 is 11.6 Å². The summed E-state index contributed by atoms with van der Waals surface area (Å²) >= 11 is 5.83. The smallest absolute Gasteiger partial charge is 0.251 e. The van der Waals surface area contributed by atoms with Gasteiger partial charge in [-0.3, -0.25) is 4.79 Å². The SMILES string of the molecule is O=C(NCC[C@H](O)c1cccc(Cl)c1)c1ccc(F)c(F)c1. The zero-order chi connectivity index (χ0) is 16.1. The van der Waals surface area contributed by atoms with Crippen LogP contribution in [-0.2, 0) is 0 Å². The van der Waals surface area contributed by atoms with Gasteiger partial charge in [0.1, 0.15) is 0 Å². The Morgan fingerprint density at radius 1 is 1.18 bits per heavy atom. The summed E-state index contributed by atoms with van der Waals surface area (Å²) in [6.07, 6.45) is -0.501. The van der Waals surface area contributed by atoms with Crippen molar-refractivity contribution in [1.82, 2.24) is 5.32 Å². The van der Waals surface area contributed by atoms with Gasteiger partial charge in [-0.25, -0.2) is 8.78 Å². The number of hydrogen-bond acceptors (Lipinski definition) is 2. The van der Waals surface area contributed by atoms with Crippen LogP contribution in [0.1, 0.15) is 28.4 Å². The van der Waals surface area contributed by atoms with Gasteiger partial charge in [-0.2, -0.15) is 0 Å². The monoisotopic (exact) mass is 325 g/mol. The molecule has 2 aromatic carbocycles. The minimum absolute atomic E-state index is 0.0242. The van der Waals surface area contributed by atoms with Crippen molar-refractivity contribution in [2.45, 2.75) is 12.5 Å². The molecule has 0 aliphatic carbocycles. The summed E-state index contributed by atoms with van der Waals surface area (Å²) in [5, 5.41) is 13.0. The molecule has 0 bridgehead atoms. The lowest BCUT2D eigenvalue weighted by atomic mass is 10.1. The number of nitrogens with one attached hydrogen (secondary N) is 1. The third kappa shape index (κ3) is 4.26. The van der Waals surface area contributed by atoms with Crippen molar-refractivity contribution in [2.75, 3.05) is 6.54 Å². The van der Waals surface area contributed by atoms with Crippen LogP contribution in [0, 0.1) is 11.6 Å². The Bertz CT molecular complexity index is 679. The molecule has 0 aromatic heterocycles. The number of rotatable bonds is 5. The van der Waals surface area contributed by atoms with E-state index in [1.165, 1.54) is 6.07 Å². The maximum atomic E-state index is 13.0. The number of halogens is 3. The number of carbonyl (C=O) groups is 1. The Kier molecular flexibility index (Phi) is 5.46. The predicted molar refractivity (Wildman–Crippen MR) is 79.7 cm³/mol. The van der Waals surface area contributed by atoms with Crippen LogP contribution in [0.3, 0.4) is 0 Å². The van der Waals surface area contributed by atoms with E-state index in [1.54, 1.807) is 24.3 Å². The van der Waals surface area contributed by atoms with Crippen LogP contribution < -0.4 is 5.32 Å². The molecule has 0 fully saturated rings. The molecule has 116 valence electrons. The molecule has 0 aliphatic heterocycles. The molecule has 1 atom stereocenters. The summed E-state index contributed by atoms with van der Waals surface area (Å²) in [7, 11) is 0. The fourth-order valence-corrected chi connectivity index (χ4v) is 2.14. The van der Waals surface area contributed by atoms with Gasteiger partial charge in [-0.1, -0.05) is 23.7 Å². The molecule has 0 radical (unpaired) electrons. The molecule has 0 unspecified atom stereocenters. The van der Waals surface area contributed by atoms with E-state index < -0.39 is 23.6 Å². The number of carbonyl (C=O) groups excluding carboxylic acids is 1. The Hall–Kier alpha value is -1.98. The van der Waals surface area contributed by atoms with Crippen molar-refractivity contribution in [2.24, 2.45) is 0 Å². The van der Waals surface area contributed by atoms with Gasteiger partial charge in [0.25, 0.3) is 5.91 Å². The van der Waals surface area contributed by atoms with E-state index in [9.17, 15) is 18.7 Å². The van der Waals surface area contributed by atoms with E-state index in [0.717, 1.165) is 12.1 Å². The second-order valence-electron chi connectivity index (χ2n) is 4.74. The first-order valence-electron chi connectivity index (χ1n) is 6.64. The average Bonchev–Trinajstić information content (AvgIpc) is 2.49. The van der Waals surface area contributed by atoms with Crippen molar-refractivity contribution in [3.05, 3.63) is 70.2 Å². The summed E-state index contributed by atoms with van der Waals surface area (Å²) in [4.78, 5) is 11.8. The average molecular weight is 326 g/mol. The molecule has 2 N–H and O–H groups in total. The molecule has 2 aromatic rings. The quantitative estimate of drug-likeness (QED) is 0.884. The minimum atomic E-state index is -1.08. The summed E-state index contributed by atoms with van der Waals surface area (Å²) in [6.45, 7) is 0.186. The highest BCUT2D eigenvalue weighted by atomic mass is 35.5. The molecular weight excluding hydrogens is 312 g/mol. The predicted octanol–water partition coefficient (Wildman–Crippen LogP) is 3.47. The van der Waals surface area contributed by atoms with Gasteiger partial charge in [0.2, 0.25) is 0 Å². The second-order valence-corrected chi connectivity index (χ2v) is 5.18. The van der Waals surface area contributed by atoms with Gasteiger partial charge in [-0.05, 0) is 42.3 Å². The first-order chi connectivity index (χ1) is 10.5. The van der Waals surface area contributed by atoms with Crippen molar-refractivity contribution < 1.29 is 18.7 Å². The third-order valence-corrected chi connectivity index (χ3v) is 3.35. The van der Waals surface area contributed by atoms with Gasteiger partial charge < -0.3 is 10.4 Å². The van der Waals surface area contributed by atoms with E-state index >= 15 is 0 Å². The molecule has 22 heavy (non-hydrogen) atoms. The first kappa shape index (κ1) is 16.4. The highest BCUT2D eigenvalue weighted by Crippen LogP contribution is 2.19. The Morgan fingerprint density at radius 3 is 2.64 bits per heavy atom. The molecule has 0 aliphatic rings. The van der Waals surface area contributed by atoms with E-state index in [1.807, 2.05) is 0 Å².